The number of halogens is 2. The van der Waals surface area contributed by atoms with Crippen molar-refractivity contribution in [3.05, 3.63) is 62.5 Å². The van der Waals surface area contributed by atoms with Crippen LogP contribution >= 0.6 is 31.9 Å². The van der Waals surface area contributed by atoms with Gasteiger partial charge in [-0.2, -0.15) is 0 Å². The maximum absolute atomic E-state index is 3.59. The van der Waals surface area contributed by atoms with Crippen molar-refractivity contribution in [3.63, 3.8) is 0 Å². The quantitative estimate of drug-likeness (QED) is 0.621. The highest BCUT2D eigenvalue weighted by Gasteiger charge is 2.10. The van der Waals surface area contributed by atoms with Crippen LogP contribution in [0.5, 0.6) is 0 Å². The van der Waals surface area contributed by atoms with Crippen LogP contribution in [0.3, 0.4) is 0 Å². The Morgan fingerprint density at radius 2 is 1.30 bits per heavy atom. The van der Waals surface area contributed by atoms with Gasteiger partial charge in [0.2, 0.25) is 0 Å². The Morgan fingerprint density at radius 1 is 0.800 bits per heavy atom. The van der Waals surface area contributed by atoms with Gasteiger partial charge >= 0.3 is 0 Å². The molecule has 0 radical (unpaired) electrons. The molecule has 1 atom stereocenters. The smallest absolute Gasteiger partial charge is 0.0633 e. The van der Waals surface area contributed by atoms with Gasteiger partial charge < -0.3 is 5.32 Å². The second kappa shape index (κ2) is 6.77. The third kappa shape index (κ3) is 3.64. The minimum atomic E-state index is 0.256. The molecule has 0 heterocycles. The second-order valence-corrected chi connectivity index (χ2v) is 6.99. The third-order valence-corrected chi connectivity index (χ3v) is 4.75. The molecule has 1 nitrogen and oxygen atoms in total. The first-order valence-electron chi connectivity index (χ1n) is 6.79. The molecule has 0 saturated heterocycles. The zero-order valence-electron chi connectivity index (χ0n) is 12.0. The van der Waals surface area contributed by atoms with Crippen molar-refractivity contribution >= 4 is 37.5 Å². The van der Waals surface area contributed by atoms with E-state index < -0.39 is 0 Å². The highest BCUT2D eigenvalue weighted by atomic mass is 79.9. The number of hydrogen-bond acceptors (Lipinski definition) is 1. The average molecular weight is 397 g/mol. The fourth-order valence-electron chi connectivity index (χ4n) is 2.11. The van der Waals surface area contributed by atoms with E-state index >= 15 is 0 Å². The SMILES string of the molecule is CC(C)c1ccc(C(C)Nc2c(Br)cccc2Br)cc1. The van der Waals surface area contributed by atoms with Crippen LogP contribution in [0.25, 0.3) is 0 Å². The Bertz CT molecular complexity index is 556. The van der Waals surface area contributed by atoms with Gasteiger partial charge in [0.15, 0.2) is 0 Å². The van der Waals surface area contributed by atoms with Gasteiger partial charge in [-0.25, -0.2) is 0 Å². The summed E-state index contributed by atoms with van der Waals surface area (Å²) >= 11 is 7.17. The molecule has 0 aromatic heterocycles. The number of anilines is 1. The first-order valence-corrected chi connectivity index (χ1v) is 8.38. The van der Waals surface area contributed by atoms with Crippen LogP contribution in [0.4, 0.5) is 5.69 Å². The molecule has 0 bridgehead atoms. The molecule has 0 saturated carbocycles. The lowest BCUT2D eigenvalue weighted by atomic mass is 9.99. The zero-order chi connectivity index (χ0) is 14.7. The van der Waals surface area contributed by atoms with Gasteiger partial charge in [0.05, 0.1) is 5.69 Å². The molecule has 0 aliphatic heterocycles. The van der Waals surface area contributed by atoms with Gasteiger partial charge in [0.25, 0.3) is 0 Å². The van der Waals surface area contributed by atoms with E-state index in [4.69, 9.17) is 0 Å². The Kier molecular flexibility index (Phi) is 5.28. The summed E-state index contributed by atoms with van der Waals surface area (Å²) in [6, 6.07) is 15.2. The molecule has 0 aliphatic rings. The summed E-state index contributed by atoms with van der Waals surface area (Å²) in [7, 11) is 0. The van der Waals surface area contributed by atoms with Crippen LogP contribution in [-0.4, -0.2) is 0 Å². The van der Waals surface area contributed by atoms with Crippen LogP contribution in [0.1, 0.15) is 43.9 Å². The molecular formula is C17H19Br2N. The van der Waals surface area contributed by atoms with Gasteiger partial charge in [-0.05, 0) is 68.0 Å². The summed E-state index contributed by atoms with van der Waals surface area (Å²) in [5, 5.41) is 3.55. The predicted octanol–water partition coefficient (Wildman–Crippen LogP) is 6.51. The van der Waals surface area contributed by atoms with E-state index in [9.17, 15) is 0 Å². The maximum Gasteiger partial charge on any atom is 0.0633 e. The first kappa shape index (κ1) is 15.6. The number of benzene rings is 2. The fraction of sp³-hybridized carbons (Fsp3) is 0.294. The summed E-state index contributed by atoms with van der Waals surface area (Å²) < 4.78 is 2.13. The van der Waals surface area contributed by atoms with E-state index in [0.717, 1.165) is 14.6 Å². The molecule has 3 heteroatoms. The largest absolute Gasteiger partial charge is 0.377 e. The summed E-state index contributed by atoms with van der Waals surface area (Å²) in [6.07, 6.45) is 0. The monoisotopic (exact) mass is 395 g/mol. The van der Waals surface area contributed by atoms with Gasteiger partial charge in [-0.3, -0.25) is 0 Å². The number of rotatable bonds is 4. The van der Waals surface area contributed by atoms with Crippen LogP contribution in [-0.2, 0) is 0 Å². The molecule has 20 heavy (non-hydrogen) atoms. The lowest BCUT2D eigenvalue weighted by molar-refractivity contribution is 0.851. The van der Waals surface area contributed by atoms with Gasteiger partial charge in [-0.15, -0.1) is 0 Å². The highest BCUT2D eigenvalue weighted by Crippen LogP contribution is 2.33. The maximum atomic E-state index is 3.59. The minimum Gasteiger partial charge on any atom is -0.377 e. The van der Waals surface area contributed by atoms with Crippen molar-refractivity contribution in [3.8, 4) is 0 Å². The number of nitrogens with one attached hydrogen (secondary N) is 1. The summed E-state index contributed by atoms with van der Waals surface area (Å²) in [5.74, 6) is 0.574. The highest BCUT2D eigenvalue weighted by molar-refractivity contribution is 9.11. The van der Waals surface area contributed by atoms with Crippen LogP contribution < -0.4 is 5.32 Å². The van der Waals surface area contributed by atoms with Gasteiger partial charge in [-0.1, -0.05) is 44.2 Å². The molecule has 2 rings (SSSR count). The van der Waals surface area contributed by atoms with Crippen molar-refractivity contribution in [2.75, 3.05) is 5.32 Å². The van der Waals surface area contributed by atoms with Crippen LogP contribution in [0, 0.1) is 0 Å². The molecule has 1 unspecified atom stereocenters. The van der Waals surface area contributed by atoms with Crippen molar-refractivity contribution in [2.45, 2.75) is 32.7 Å². The minimum absolute atomic E-state index is 0.256. The van der Waals surface area contributed by atoms with Crippen molar-refractivity contribution in [1.82, 2.24) is 0 Å². The molecular weight excluding hydrogens is 378 g/mol. The van der Waals surface area contributed by atoms with E-state index in [-0.39, 0.29) is 6.04 Å². The molecule has 106 valence electrons. The van der Waals surface area contributed by atoms with E-state index in [1.165, 1.54) is 11.1 Å². The van der Waals surface area contributed by atoms with Crippen LogP contribution in [0.2, 0.25) is 0 Å². The zero-order valence-corrected chi connectivity index (χ0v) is 15.1. The topological polar surface area (TPSA) is 12.0 Å². The molecule has 0 spiro atoms. The lowest BCUT2D eigenvalue weighted by Crippen LogP contribution is -2.07. The van der Waals surface area contributed by atoms with E-state index in [0.29, 0.717) is 5.92 Å². The first-order chi connectivity index (χ1) is 9.49. The molecule has 1 N–H and O–H groups in total. The van der Waals surface area contributed by atoms with E-state index in [1.807, 2.05) is 18.2 Å². The predicted molar refractivity (Wildman–Crippen MR) is 94.4 cm³/mol. The summed E-state index contributed by atoms with van der Waals surface area (Å²) in [4.78, 5) is 0. The standard InChI is InChI=1S/C17H19Br2N/c1-11(2)13-7-9-14(10-8-13)12(3)20-17-15(18)5-4-6-16(17)19/h4-12,20H,1-3H3. The molecule has 0 amide bonds. The van der Waals surface area contributed by atoms with E-state index in [2.05, 4.69) is 82.2 Å². The fourth-order valence-corrected chi connectivity index (χ4v) is 3.33. The Labute approximate surface area is 138 Å². The van der Waals surface area contributed by atoms with E-state index in [1.54, 1.807) is 0 Å². The lowest BCUT2D eigenvalue weighted by Gasteiger charge is -2.19. The molecule has 2 aromatic carbocycles. The number of hydrogen-bond donors (Lipinski definition) is 1. The molecule has 0 aliphatic carbocycles. The molecule has 0 fully saturated rings. The number of para-hydroxylation sites is 1. The normalized spacial score (nSPS) is 12.5. The van der Waals surface area contributed by atoms with Crippen LogP contribution in [0.15, 0.2) is 51.4 Å². The Hall–Kier alpha value is -0.800. The van der Waals surface area contributed by atoms with Crippen molar-refractivity contribution < 1.29 is 0 Å². The third-order valence-electron chi connectivity index (χ3n) is 3.43. The van der Waals surface area contributed by atoms with Crippen molar-refractivity contribution in [2.24, 2.45) is 0 Å². The Morgan fingerprint density at radius 3 is 1.80 bits per heavy atom. The second-order valence-electron chi connectivity index (χ2n) is 5.28. The molecule has 2 aromatic rings. The summed E-state index contributed by atoms with van der Waals surface area (Å²) in [5.41, 5.74) is 3.76. The average Bonchev–Trinajstić information content (AvgIpc) is 2.43. The Balaban J connectivity index is 2.17. The van der Waals surface area contributed by atoms with Gasteiger partial charge in [0.1, 0.15) is 0 Å². The van der Waals surface area contributed by atoms with Crippen molar-refractivity contribution in [1.29, 1.82) is 0 Å². The van der Waals surface area contributed by atoms with Gasteiger partial charge in [0, 0.05) is 15.0 Å². The summed E-state index contributed by atoms with van der Waals surface area (Å²) in [6.45, 7) is 6.61.